The predicted molar refractivity (Wildman–Crippen MR) is 104 cm³/mol. The molecule has 0 N–H and O–H groups in total. The third-order valence-corrected chi connectivity index (χ3v) is 5.88. The van der Waals surface area contributed by atoms with Crippen LogP contribution in [0.1, 0.15) is 36.2 Å². The van der Waals surface area contributed by atoms with E-state index in [2.05, 4.69) is 0 Å². The smallest absolute Gasteiger partial charge is 0.271 e. The Labute approximate surface area is 157 Å². The lowest BCUT2D eigenvalue weighted by atomic mass is 9.99. The highest BCUT2D eigenvalue weighted by Crippen LogP contribution is 2.27. The SMILES string of the molecule is COCC[C@@H]1CCCCN1C(=O)c1csc2nc(-c3ccccc3)cn12. The van der Waals surface area contributed by atoms with Crippen LogP contribution in [0.25, 0.3) is 16.2 Å². The van der Waals surface area contributed by atoms with Crippen LogP contribution in [0.3, 0.4) is 0 Å². The number of fused-ring (bicyclic) bond motifs is 1. The monoisotopic (exact) mass is 369 g/mol. The quantitative estimate of drug-likeness (QED) is 0.680. The van der Waals surface area contributed by atoms with Crippen LogP contribution in [0.5, 0.6) is 0 Å². The van der Waals surface area contributed by atoms with Crippen molar-refractivity contribution in [3.05, 3.63) is 47.6 Å². The maximum Gasteiger partial charge on any atom is 0.271 e. The molecule has 6 heteroatoms. The van der Waals surface area contributed by atoms with E-state index in [-0.39, 0.29) is 11.9 Å². The number of amides is 1. The topological polar surface area (TPSA) is 46.8 Å². The van der Waals surface area contributed by atoms with Crippen LogP contribution >= 0.6 is 11.3 Å². The Hall–Kier alpha value is -2.18. The molecule has 1 aromatic carbocycles. The molecule has 0 radical (unpaired) electrons. The van der Waals surface area contributed by atoms with Gasteiger partial charge in [0.15, 0.2) is 4.96 Å². The fourth-order valence-electron chi connectivity index (χ4n) is 3.65. The predicted octanol–water partition coefficient (Wildman–Crippen LogP) is 4.09. The third kappa shape index (κ3) is 3.27. The molecule has 1 amide bonds. The van der Waals surface area contributed by atoms with Gasteiger partial charge in [-0.2, -0.15) is 0 Å². The minimum Gasteiger partial charge on any atom is -0.385 e. The van der Waals surface area contributed by atoms with Crippen LogP contribution in [0.15, 0.2) is 41.9 Å². The van der Waals surface area contributed by atoms with Crippen molar-refractivity contribution >= 4 is 22.2 Å². The van der Waals surface area contributed by atoms with Crippen molar-refractivity contribution in [1.29, 1.82) is 0 Å². The molecule has 0 aliphatic carbocycles. The number of imidazole rings is 1. The maximum atomic E-state index is 13.2. The summed E-state index contributed by atoms with van der Waals surface area (Å²) in [5.41, 5.74) is 2.68. The fourth-order valence-corrected chi connectivity index (χ4v) is 4.50. The molecule has 0 saturated carbocycles. The van der Waals surface area contributed by atoms with Gasteiger partial charge in [0.1, 0.15) is 5.69 Å². The van der Waals surface area contributed by atoms with Crippen molar-refractivity contribution in [3.8, 4) is 11.3 Å². The molecule has 4 rings (SSSR count). The van der Waals surface area contributed by atoms with Crippen LogP contribution < -0.4 is 0 Å². The zero-order valence-electron chi connectivity index (χ0n) is 14.9. The summed E-state index contributed by atoms with van der Waals surface area (Å²) in [6.45, 7) is 1.52. The molecule has 3 heterocycles. The van der Waals surface area contributed by atoms with Crippen LogP contribution in [-0.4, -0.2) is 46.5 Å². The number of nitrogens with zero attached hydrogens (tertiary/aromatic N) is 3. The molecule has 136 valence electrons. The summed E-state index contributed by atoms with van der Waals surface area (Å²) in [4.78, 5) is 20.8. The van der Waals surface area contributed by atoms with Gasteiger partial charge in [-0.25, -0.2) is 4.98 Å². The molecule has 26 heavy (non-hydrogen) atoms. The lowest BCUT2D eigenvalue weighted by Gasteiger charge is -2.35. The van der Waals surface area contributed by atoms with Crippen molar-refractivity contribution in [3.63, 3.8) is 0 Å². The van der Waals surface area contributed by atoms with Crippen LogP contribution in [0, 0.1) is 0 Å². The molecule has 0 unspecified atom stereocenters. The fraction of sp³-hybridized carbons (Fsp3) is 0.400. The minimum absolute atomic E-state index is 0.106. The molecule has 1 saturated heterocycles. The summed E-state index contributed by atoms with van der Waals surface area (Å²) in [5, 5.41) is 1.93. The van der Waals surface area contributed by atoms with Crippen LogP contribution in [0.4, 0.5) is 0 Å². The number of likely N-dealkylation sites (tertiary alicyclic amines) is 1. The molecule has 1 aliphatic rings. The number of ether oxygens (including phenoxy) is 1. The Morgan fingerprint density at radius 1 is 1.31 bits per heavy atom. The molecule has 3 aromatic rings. The summed E-state index contributed by atoms with van der Waals surface area (Å²) in [5.74, 6) is 0.106. The van der Waals surface area contributed by atoms with Crippen molar-refractivity contribution in [1.82, 2.24) is 14.3 Å². The third-order valence-electron chi connectivity index (χ3n) is 5.04. The van der Waals surface area contributed by atoms with Gasteiger partial charge in [0.05, 0.1) is 5.69 Å². The van der Waals surface area contributed by atoms with E-state index in [4.69, 9.17) is 9.72 Å². The van der Waals surface area contributed by atoms with Gasteiger partial charge in [-0.15, -0.1) is 11.3 Å². The molecule has 0 spiro atoms. The Morgan fingerprint density at radius 3 is 2.96 bits per heavy atom. The molecule has 1 fully saturated rings. The van der Waals surface area contributed by atoms with E-state index in [0.29, 0.717) is 12.3 Å². The van der Waals surface area contributed by atoms with Gasteiger partial charge in [-0.3, -0.25) is 9.20 Å². The van der Waals surface area contributed by atoms with Crippen LogP contribution in [0.2, 0.25) is 0 Å². The average Bonchev–Trinajstić information content (AvgIpc) is 3.27. The van der Waals surface area contributed by atoms with Gasteiger partial charge in [0.2, 0.25) is 0 Å². The molecule has 0 bridgehead atoms. The summed E-state index contributed by atoms with van der Waals surface area (Å²) < 4.78 is 7.18. The number of rotatable bonds is 5. The zero-order valence-corrected chi connectivity index (χ0v) is 15.7. The lowest BCUT2D eigenvalue weighted by Crippen LogP contribution is -2.44. The second kappa shape index (κ2) is 7.60. The number of hydrogen-bond donors (Lipinski definition) is 0. The summed E-state index contributed by atoms with van der Waals surface area (Å²) >= 11 is 1.52. The second-order valence-electron chi connectivity index (χ2n) is 6.70. The largest absolute Gasteiger partial charge is 0.385 e. The van der Waals surface area contributed by atoms with Gasteiger partial charge >= 0.3 is 0 Å². The number of piperidine rings is 1. The maximum absolute atomic E-state index is 13.2. The normalized spacial score (nSPS) is 17.7. The van der Waals surface area contributed by atoms with Crippen molar-refractivity contribution in [2.45, 2.75) is 31.7 Å². The Bertz CT molecular complexity index is 887. The number of carbonyl (C=O) groups is 1. The minimum atomic E-state index is 0.106. The van der Waals surface area contributed by atoms with E-state index in [9.17, 15) is 4.79 Å². The molecule has 1 aliphatic heterocycles. The molecular formula is C20H23N3O2S. The Morgan fingerprint density at radius 2 is 2.15 bits per heavy atom. The molecule has 5 nitrogen and oxygen atoms in total. The molecule has 2 aromatic heterocycles. The number of methoxy groups -OCH3 is 1. The van der Waals surface area contributed by atoms with Crippen molar-refractivity contribution < 1.29 is 9.53 Å². The zero-order chi connectivity index (χ0) is 17.9. The highest BCUT2D eigenvalue weighted by atomic mass is 32.1. The Balaban J connectivity index is 1.63. The van der Waals surface area contributed by atoms with Gasteiger partial charge < -0.3 is 9.64 Å². The number of carbonyl (C=O) groups excluding carboxylic acids is 1. The van der Waals surface area contributed by atoms with Gasteiger partial charge in [-0.05, 0) is 25.7 Å². The lowest BCUT2D eigenvalue weighted by molar-refractivity contribution is 0.0546. The first-order chi connectivity index (χ1) is 12.8. The molecular weight excluding hydrogens is 346 g/mol. The summed E-state index contributed by atoms with van der Waals surface area (Å²) in [7, 11) is 1.72. The number of aromatic nitrogens is 2. The summed E-state index contributed by atoms with van der Waals surface area (Å²) in [6, 6.07) is 10.3. The van der Waals surface area contributed by atoms with Crippen molar-refractivity contribution in [2.75, 3.05) is 20.3 Å². The van der Waals surface area contributed by atoms with Crippen LogP contribution in [-0.2, 0) is 4.74 Å². The average molecular weight is 369 g/mol. The van der Waals surface area contributed by atoms with Gasteiger partial charge in [-0.1, -0.05) is 30.3 Å². The van der Waals surface area contributed by atoms with Crippen molar-refractivity contribution in [2.24, 2.45) is 0 Å². The van der Waals surface area contributed by atoms with E-state index in [1.807, 2.05) is 51.2 Å². The van der Waals surface area contributed by atoms with Gasteiger partial charge in [0, 0.05) is 43.4 Å². The Kier molecular flexibility index (Phi) is 5.04. The van der Waals surface area contributed by atoms with E-state index in [1.165, 1.54) is 17.8 Å². The van der Waals surface area contributed by atoms with E-state index >= 15 is 0 Å². The number of thiazole rings is 1. The second-order valence-corrected chi connectivity index (χ2v) is 7.53. The highest BCUT2D eigenvalue weighted by molar-refractivity contribution is 7.15. The number of hydrogen-bond acceptors (Lipinski definition) is 4. The van der Waals surface area contributed by atoms with E-state index < -0.39 is 0 Å². The van der Waals surface area contributed by atoms with E-state index in [0.717, 1.165) is 42.0 Å². The first-order valence-electron chi connectivity index (χ1n) is 9.10. The first kappa shape index (κ1) is 17.2. The van der Waals surface area contributed by atoms with E-state index in [1.54, 1.807) is 7.11 Å². The molecule has 1 atom stereocenters. The standard InChI is InChI=1S/C20H23N3O2S/c1-25-12-10-16-9-5-6-11-22(16)19(24)18-14-26-20-21-17(13-23(18)20)15-7-3-2-4-8-15/h2-4,7-8,13-14,16H,5-6,9-12H2,1H3/t16-/m0/s1. The first-order valence-corrected chi connectivity index (χ1v) is 9.98. The highest BCUT2D eigenvalue weighted by Gasteiger charge is 2.29. The summed E-state index contributed by atoms with van der Waals surface area (Å²) in [6.07, 6.45) is 6.18. The number of benzene rings is 1. The van der Waals surface area contributed by atoms with Gasteiger partial charge in [0.25, 0.3) is 5.91 Å².